The minimum Gasteiger partial charge on any atom is -0.368 e. The highest BCUT2D eigenvalue weighted by molar-refractivity contribution is 5.92. The van der Waals surface area contributed by atoms with Crippen molar-refractivity contribution in [2.45, 2.75) is 26.2 Å². The maximum absolute atomic E-state index is 11.5. The Morgan fingerprint density at radius 3 is 2.74 bits per heavy atom. The van der Waals surface area contributed by atoms with Gasteiger partial charge in [0, 0.05) is 13.1 Å². The second-order valence-corrected chi connectivity index (χ2v) is 5.06. The molecule has 1 amide bonds. The summed E-state index contributed by atoms with van der Waals surface area (Å²) < 4.78 is 0. The molecule has 1 saturated carbocycles. The van der Waals surface area contributed by atoms with E-state index in [9.17, 15) is 4.79 Å². The van der Waals surface area contributed by atoms with Crippen LogP contribution in [0, 0.1) is 5.41 Å². The van der Waals surface area contributed by atoms with Gasteiger partial charge in [-0.3, -0.25) is 4.79 Å². The molecule has 4 N–H and O–H groups in total. The van der Waals surface area contributed by atoms with Crippen LogP contribution in [0.2, 0.25) is 0 Å². The van der Waals surface area contributed by atoms with Crippen molar-refractivity contribution in [1.82, 2.24) is 15.5 Å². The van der Waals surface area contributed by atoms with Gasteiger partial charge in [-0.15, -0.1) is 10.2 Å². The van der Waals surface area contributed by atoms with Crippen LogP contribution in [-0.2, 0) is 0 Å². The van der Waals surface area contributed by atoms with E-state index < -0.39 is 0 Å². The summed E-state index contributed by atoms with van der Waals surface area (Å²) in [4.78, 5) is 11.5. The van der Waals surface area contributed by atoms with Crippen LogP contribution in [0.3, 0.4) is 0 Å². The summed E-state index contributed by atoms with van der Waals surface area (Å²) in [7, 11) is 0. The molecule has 1 aromatic heterocycles. The Balaban J connectivity index is 1.87. The number of hydrogen-bond acceptors (Lipinski definition) is 5. The van der Waals surface area contributed by atoms with E-state index in [4.69, 9.17) is 5.73 Å². The van der Waals surface area contributed by atoms with E-state index in [-0.39, 0.29) is 5.91 Å². The van der Waals surface area contributed by atoms with E-state index in [0.717, 1.165) is 19.5 Å². The van der Waals surface area contributed by atoms with Crippen molar-refractivity contribution in [2.24, 2.45) is 11.1 Å². The van der Waals surface area contributed by atoms with Crippen molar-refractivity contribution in [3.63, 3.8) is 0 Å². The SMILES string of the molecule is CCNC(=O)c1ccc(NCC2(CCN)CC2)nn1. The fourth-order valence-corrected chi connectivity index (χ4v) is 2.07. The van der Waals surface area contributed by atoms with Crippen LogP contribution in [-0.4, -0.2) is 35.7 Å². The van der Waals surface area contributed by atoms with Crippen molar-refractivity contribution in [2.75, 3.05) is 25.0 Å². The molecule has 104 valence electrons. The lowest BCUT2D eigenvalue weighted by Gasteiger charge is -2.14. The average Bonchev–Trinajstić information content (AvgIpc) is 3.18. The fraction of sp³-hybridized carbons (Fsp3) is 0.615. The second-order valence-electron chi connectivity index (χ2n) is 5.06. The smallest absolute Gasteiger partial charge is 0.271 e. The number of nitrogens with one attached hydrogen (secondary N) is 2. The summed E-state index contributed by atoms with van der Waals surface area (Å²) in [6, 6.07) is 3.47. The number of anilines is 1. The van der Waals surface area contributed by atoms with Crippen LogP contribution in [0.25, 0.3) is 0 Å². The van der Waals surface area contributed by atoms with Crippen LogP contribution in [0.4, 0.5) is 5.82 Å². The van der Waals surface area contributed by atoms with Gasteiger partial charge in [-0.2, -0.15) is 0 Å². The number of rotatable bonds is 7. The number of aromatic nitrogens is 2. The van der Waals surface area contributed by atoms with Gasteiger partial charge in [-0.05, 0) is 50.3 Å². The van der Waals surface area contributed by atoms with E-state index in [2.05, 4.69) is 20.8 Å². The van der Waals surface area contributed by atoms with Gasteiger partial charge >= 0.3 is 0 Å². The maximum atomic E-state index is 11.5. The van der Waals surface area contributed by atoms with E-state index in [0.29, 0.717) is 23.5 Å². The largest absolute Gasteiger partial charge is 0.368 e. The van der Waals surface area contributed by atoms with Gasteiger partial charge in [-0.1, -0.05) is 0 Å². The van der Waals surface area contributed by atoms with E-state index in [1.165, 1.54) is 12.8 Å². The average molecular weight is 263 g/mol. The lowest BCUT2D eigenvalue weighted by Crippen LogP contribution is -2.24. The highest BCUT2D eigenvalue weighted by Gasteiger charge is 2.41. The normalized spacial score (nSPS) is 15.9. The van der Waals surface area contributed by atoms with Crippen molar-refractivity contribution < 1.29 is 4.79 Å². The number of carbonyl (C=O) groups is 1. The summed E-state index contributed by atoms with van der Waals surface area (Å²) in [5.74, 6) is 0.514. The quantitative estimate of drug-likeness (QED) is 0.675. The highest BCUT2D eigenvalue weighted by atomic mass is 16.1. The molecular weight excluding hydrogens is 242 g/mol. The molecule has 19 heavy (non-hydrogen) atoms. The molecule has 0 atom stereocenters. The third-order valence-corrected chi connectivity index (χ3v) is 3.51. The number of carbonyl (C=O) groups excluding carboxylic acids is 1. The first-order valence-corrected chi connectivity index (χ1v) is 6.75. The number of nitrogens with zero attached hydrogens (tertiary/aromatic N) is 2. The number of amides is 1. The number of hydrogen-bond donors (Lipinski definition) is 3. The predicted octanol–water partition coefficient (Wildman–Crippen LogP) is 0.767. The maximum Gasteiger partial charge on any atom is 0.271 e. The van der Waals surface area contributed by atoms with Crippen molar-refractivity contribution in [1.29, 1.82) is 0 Å². The summed E-state index contributed by atoms with van der Waals surface area (Å²) in [6.45, 7) is 4.05. The lowest BCUT2D eigenvalue weighted by atomic mass is 10.0. The highest BCUT2D eigenvalue weighted by Crippen LogP contribution is 2.48. The van der Waals surface area contributed by atoms with Crippen molar-refractivity contribution in [3.8, 4) is 0 Å². The number of nitrogens with two attached hydrogens (primary N) is 1. The van der Waals surface area contributed by atoms with Crippen LogP contribution in [0.15, 0.2) is 12.1 Å². The zero-order chi connectivity index (χ0) is 13.7. The molecule has 0 radical (unpaired) electrons. The molecule has 2 rings (SSSR count). The summed E-state index contributed by atoms with van der Waals surface area (Å²) >= 11 is 0. The van der Waals surface area contributed by atoms with Gasteiger partial charge in [-0.25, -0.2) is 0 Å². The topological polar surface area (TPSA) is 92.9 Å². The zero-order valence-electron chi connectivity index (χ0n) is 11.3. The van der Waals surface area contributed by atoms with Crippen LogP contribution >= 0.6 is 0 Å². The first-order valence-electron chi connectivity index (χ1n) is 6.75. The van der Waals surface area contributed by atoms with Gasteiger partial charge in [0.25, 0.3) is 5.91 Å². The molecule has 1 aliphatic carbocycles. The first-order chi connectivity index (χ1) is 9.19. The summed E-state index contributed by atoms with van der Waals surface area (Å²) in [5, 5.41) is 13.9. The third-order valence-electron chi connectivity index (χ3n) is 3.51. The Morgan fingerprint density at radius 2 is 2.21 bits per heavy atom. The monoisotopic (exact) mass is 263 g/mol. The van der Waals surface area contributed by atoms with Gasteiger partial charge in [0.2, 0.25) is 0 Å². The standard InChI is InChI=1S/C13H21N5O/c1-2-15-12(19)10-3-4-11(18-17-10)16-9-13(5-6-13)7-8-14/h3-4H,2,5-9,14H2,1H3,(H,15,19)(H,16,18). The first kappa shape index (κ1) is 13.7. The van der Waals surface area contributed by atoms with Crippen LogP contribution in [0.1, 0.15) is 36.7 Å². The van der Waals surface area contributed by atoms with Gasteiger partial charge in [0.15, 0.2) is 5.69 Å². The lowest BCUT2D eigenvalue weighted by molar-refractivity contribution is 0.0950. The third kappa shape index (κ3) is 3.64. The molecule has 6 heteroatoms. The molecule has 0 bridgehead atoms. The molecule has 0 aromatic carbocycles. The summed E-state index contributed by atoms with van der Waals surface area (Å²) in [5.41, 5.74) is 6.30. The Kier molecular flexibility index (Phi) is 4.31. The van der Waals surface area contributed by atoms with Crippen LogP contribution < -0.4 is 16.4 Å². The van der Waals surface area contributed by atoms with E-state index in [1.807, 2.05) is 6.92 Å². The minimum absolute atomic E-state index is 0.191. The zero-order valence-corrected chi connectivity index (χ0v) is 11.3. The van der Waals surface area contributed by atoms with Gasteiger partial charge in [0.1, 0.15) is 5.82 Å². The van der Waals surface area contributed by atoms with Crippen molar-refractivity contribution in [3.05, 3.63) is 17.8 Å². The molecule has 0 saturated heterocycles. The second kappa shape index (κ2) is 5.97. The molecule has 6 nitrogen and oxygen atoms in total. The molecule has 0 aliphatic heterocycles. The molecule has 0 unspecified atom stereocenters. The Morgan fingerprint density at radius 1 is 1.42 bits per heavy atom. The molecule has 1 aliphatic rings. The van der Waals surface area contributed by atoms with Crippen LogP contribution in [0.5, 0.6) is 0 Å². The molecule has 1 fully saturated rings. The summed E-state index contributed by atoms with van der Waals surface area (Å²) in [6.07, 6.45) is 3.49. The molecule has 0 spiro atoms. The van der Waals surface area contributed by atoms with E-state index >= 15 is 0 Å². The Labute approximate surface area is 113 Å². The molecule has 1 aromatic rings. The van der Waals surface area contributed by atoms with Crippen molar-refractivity contribution >= 4 is 11.7 Å². The molecular formula is C13H21N5O. The minimum atomic E-state index is -0.191. The van der Waals surface area contributed by atoms with Gasteiger partial charge < -0.3 is 16.4 Å². The molecule has 1 heterocycles. The Hall–Kier alpha value is -1.69. The Bertz CT molecular complexity index is 427. The fourth-order valence-electron chi connectivity index (χ4n) is 2.07. The van der Waals surface area contributed by atoms with E-state index in [1.54, 1.807) is 12.1 Å². The predicted molar refractivity (Wildman–Crippen MR) is 73.9 cm³/mol. The van der Waals surface area contributed by atoms with Gasteiger partial charge in [0.05, 0.1) is 0 Å².